The van der Waals surface area contributed by atoms with E-state index < -0.39 is 17.5 Å². The fourth-order valence-corrected chi connectivity index (χ4v) is 1.96. The second-order valence-corrected chi connectivity index (χ2v) is 4.79. The number of halogens is 2. The largest absolute Gasteiger partial charge is 0.487 e. The van der Waals surface area contributed by atoms with Crippen LogP contribution >= 0.6 is 11.6 Å². The molecule has 4 heteroatoms. The smallest absolute Gasteiger partial charge is 0.142 e. The second kappa shape index (κ2) is 3.35. The topological polar surface area (TPSA) is 29.5 Å². The van der Waals surface area contributed by atoms with E-state index in [9.17, 15) is 9.50 Å². The van der Waals surface area contributed by atoms with Crippen LogP contribution in [0.1, 0.15) is 31.9 Å². The SMILES string of the molecule is CC1(C)CC(O)c2cc(F)c(Cl)cc2O1. The lowest BCUT2D eigenvalue weighted by Gasteiger charge is -2.35. The monoisotopic (exact) mass is 230 g/mol. The summed E-state index contributed by atoms with van der Waals surface area (Å²) in [6, 6.07) is 2.65. The Balaban J connectivity index is 2.51. The molecule has 0 aliphatic carbocycles. The average molecular weight is 231 g/mol. The van der Waals surface area contributed by atoms with Gasteiger partial charge in [0.1, 0.15) is 17.2 Å². The number of hydrogen-bond acceptors (Lipinski definition) is 2. The molecule has 1 N–H and O–H groups in total. The normalized spacial score (nSPS) is 23.1. The highest BCUT2D eigenvalue weighted by Crippen LogP contribution is 2.41. The number of hydrogen-bond donors (Lipinski definition) is 1. The van der Waals surface area contributed by atoms with E-state index in [1.807, 2.05) is 13.8 Å². The predicted molar refractivity (Wildman–Crippen MR) is 55.7 cm³/mol. The first-order valence-corrected chi connectivity index (χ1v) is 5.13. The zero-order valence-corrected chi connectivity index (χ0v) is 9.31. The van der Waals surface area contributed by atoms with Crippen molar-refractivity contribution in [3.8, 4) is 5.75 Å². The average Bonchev–Trinajstić information content (AvgIpc) is 2.07. The molecule has 82 valence electrons. The van der Waals surface area contributed by atoms with Crippen molar-refractivity contribution in [1.82, 2.24) is 0 Å². The van der Waals surface area contributed by atoms with Crippen LogP contribution in [0.4, 0.5) is 4.39 Å². The molecule has 1 aromatic carbocycles. The van der Waals surface area contributed by atoms with Crippen LogP contribution in [0.2, 0.25) is 5.02 Å². The van der Waals surface area contributed by atoms with Gasteiger partial charge in [-0.1, -0.05) is 11.6 Å². The van der Waals surface area contributed by atoms with Gasteiger partial charge in [0.25, 0.3) is 0 Å². The molecule has 0 saturated heterocycles. The summed E-state index contributed by atoms with van der Waals surface area (Å²) >= 11 is 5.65. The van der Waals surface area contributed by atoms with Crippen molar-refractivity contribution in [3.05, 3.63) is 28.5 Å². The van der Waals surface area contributed by atoms with E-state index in [2.05, 4.69) is 0 Å². The summed E-state index contributed by atoms with van der Waals surface area (Å²) in [7, 11) is 0. The lowest BCUT2D eigenvalue weighted by atomic mass is 9.92. The van der Waals surface area contributed by atoms with Gasteiger partial charge in [0.05, 0.1) is 11.1 Å². The number of aliphatic hydroxyl groups excluding tert-OH is 1. The first-order valence-electron chi connectivity index (χ1n) is 4.75. The highest BCUT2D eigenvalue weighted by Gasteiger charge is 2.33. The molecule has 1 aliphatic rings. The van der Waals surface area contributed by atoms with E-state index in [-0.39, 0.29) is 5.02 Å². The Hall–Kier alpha value is -0.800. The van der Waals surface area contributed by atoms with Crippen LogP contribution in [-0.2, 0) is 0 Å². The van der Waals surface area contributed by atoms with Crippen LogP contribution in [0.15, 0.2) is 12.1 Å². The van der Waals surface area contributed by atoms with E-state index >= 15 is 0 Å². The van der Waals surface area contributed by atoms with Gasteiger partial charge in [0.2, 0.25) is 0 Å². The summed E-state index contributed by atoms with van der Waals surface area (Å²) in [6.45, 7) is 3.74. The Morgan fingerprint density at radius 1 is 1.53 bits per heavy atom. The Bertz CT molecular complexity index is 404. The van der Waals surface area contributed by atoms with Crippen molar-refractivity contribution in [2.24, 2.45) is 0 Å². The van der Waals surface area contributed by atoms with Crippen LogP contribution < -0.4 is 4.74 Å². The zero-order valence-electron chi connectivity index (χ0n) is 8.55. The molecule has 0 radical (unpaired) electrons. The van der Waals surface area contributed by atoms with E-state index in [1.54, 1.807) is 0 Å². The molecular weight excluding hydrogens is 219 g/mol. The van der Waals surface area contributed by atoms with Gasteiger partial charge in [-0.15, -0.1) is 0 Å². The van der Waals surface area contributed by atoms with E-state index in [0.29, 0.717) is 17.7 Å². The van der Waals surface area contributed by atoms with Crippen molar-refractivity contribution < 1.29 is 14.2 Å². The number of benzene rings is 1. The predicted octanol–water partition coefficient (Wildman–Crippen LogP) is 3.07. The van der Waals surface area contributed by atoms with Crippen molar-refractivity contribution in [3.63, 3.8) is 0 Å². The maximum Gasteiger partial charge on any atom is 0.142 e. The van der Waals surface area contributed by atoms with Crippen molar-refractivity contribution in [2.45, 2.75) is 32.0 Å². The summed E-state index contributed by atoms with van der Waals surface area (Å²) in [5, 5.41) is 9.84. The molecule has 1 unspecified atom stereocenters. The van der Waals surface area contributed by atoms with Gasteiger partial charge in [-0.05, 0) is 19.9 Å². The van der Waals surface area contributed by atoms with Crippen molar-refractivity contribution in [1.29, 1.82) is 0 Å². The minimum absolute atomic E-state index is 0.0126. The van der Waals surface area contributed by atoms with Crippen LogP contribution in [0.25, 0.3) is 0 Å². The number of rotatable bonds is 0. The van der Waals surface area contributed by atoms with Gasteiger partial charge >= 0.3 is 0 Å². The molecule has 1 heterocycles. The number of ether oxygens (including phenoxy) is 1. The highest BCUT2D eigenvalue weighted by molar-refractivity contribution is 6.30. The first-order chi connectivity index (χ1) is 6.89. The Labute approximate surface area is 92.6 Å². The summed E-state index contributed by atoms with van der Waals surface area (Å²) in [5.41, 5.74) is 0.0179. The third-order valence-electron chi connectivity index (χ3n) is 2.48. The van der Waals surface area contributed by atoms with Gasteiger partial charge in [0, 0.05) is 18.1 Å². The molecule has 2 nitrogen and oxygen atoms in total. The Morgan fingerprint density at radius 3 is 2.87 bits per heavy atom. The molecular formula is C11H12ClFO2. The molecule has 15 heavy (non-hydrogen) atoms. The van der Waals surface area contributed by atoms with Crippen LogP contribution in [0, 0.1) is 5.82 Å². The van der Waals surface area contributed by atoms with Crippen molar-refractivity contribution in [2.75, 3.05) is 0 Å². The van der Waals surface area contributed by atoms with Gasteiger partial charge in [-0.3, -0.25) is 0 Å². The van der Waals surface area contributed by atoms with E-state index in [4.69, 9.17) is 16.3 Å². The van der Waals surface area contributed by atoms with Gasteiger partial charge in [0.15, 0.2) is 0 Å². The Morgan fingerprint density at radius 2 is 2.20 bits per heavy atom. The minimum atomic E-state index is -0.699. The van der Waals surface area contributed by atoms with Crippen LogP contribution in [0.3, 0.4) is 0 Å². The molecule has 0 bridgehead atoms. The molecule has 0 aromatic heterocycles. The summed E-state index contributed by atoms with van der Waals surface area (Å²) in [5.74, 6) is -0.0667. The van der Waals surface area contributed by atoms with Gasteiger partial charge in [-0.2, -0.15) is 0 Å². The third kappa shape index (κ3) is 1.94. The molecule has 0 fully saturated rings. The molecule has 1 aliphatic heterocycles. The minimum Gasteiger partial charge on any atom is -0.487 e. The van der Waals surface area contributed by atoms with Gasteiger partial charge < -0.3 is 9.84 Å². The van der Waals surface area contributed by atoms with E-state index in [1.165, 1.54) is 12.1 Å². The lowest BCUT2D eigenvalue weighted by molar-refractivity contribution is 0.0113. The Kier molecular flexibility index (Phi) is 2.40. The second-order valence-electron chi connectivity index (χ2n) is 4.39. The highest BCUT2D eigenvalue weighted by atomic mass is 35.5. The maximum atomic E-state index is 13.2. The molecule has 0 spiro atoms. The summed E-state index contributed by atoms with van der Waals surface area (Å²) in [6.07, 6.45) is -0.253. The third-order valence-corrected chi connectivity index (χ3v) is 2.77. The van der Waals surface area contributed by atoms with Crippen LogP contribution in [0.5, 0.6) is 5.75 Å². The van der Waals surface area contributed by atoms with Gasteiger partial charge in [-0.25, -0.2) is 4.39 Å². The lowest BCUT2D eigenvalue weighted by Crippen LogP contribution is -2.34. The summed E-state index contributed by atoms with van der Waals surface area (Å²) in [4.78, 5) is 0. The fraction of sp³-hybridized carbons (Fsp3) is 0.455. The molecule has 2 rings (SSSR count). The maximum absolute atomic E-state index is 13.2. The zero-order chi connectivity index (χ0) is 11.2. The van der Waals surface area contributed by atoms with Crippen molar-refractivity contribution >= 4 is 11.6 Å². The standard InChI is InChI=1S/C11H12ClFO2/c1-11(2)5-9(14)6-3-8(13)7(12)4-10(6)15-11/h3-4,9,14H,5H2,1-2H3. The number of fused-ring (bicyclic) bond motifs is 1. The fourth-order valence-electron chi connectivity index (χ4n) is 1.81. The quantitative estimate of drug-likeness (QED) is 0.742. The number of aliphatic hydroxyl groups is 1. The molecule has 1 aromatic rings. The molecule has 0 amide bonds. The first kappa shape index (κ1) is 10.7. The molecule has 0 saturated carbocycles. The molecule has 1 atom stereocenters. The van der Waals surface area contributed by atoms with E-state index in [0.717, 1.165) is 0 Å². The summed E-state index contributed by atoms with van der Waals surface area (Å²) < 4.78 is 18.8. The van der Waals surface area contributed by atoms with Crippen LogP contribution in [-0.4, -0.2) is 10.7 Å².